The molecule has 0 radical (unpaired) electrons. The predicted molar refractivity (Wildman–Crippen MR) is 123 cm³/mol. The zero-order valence-electron chi connectivity index (χ0n) is 19.9. The number of fused-ring (bicyclic) bond motifs is 1. The van der Waals surface area contributed by atoms with Gasteiger partial charge in [0.25, 0.3) is 0 Å². The monoisotopic (exact) mass is 505 g/mol. The number of aromatic nitrogens is 2. The Kier molecular flexibility index (Phi) is 5.65. The number of piperidine rings is 1. The van der Waals surface area contributed by atoms with Crippen molar-refractivity contribution in [2.24, 2.45) is 11.3 Å². The molecule has 1 saturated heterocycles. The Hall–Kier alpha value is -2.95. The number of sulfone groups is 1. The van der Waals surface area contributed by atoms with Gasteiger partial charge in [-0.25, -0.2) is 27.6 Å². The molecule has 1 aromatic heterocycles. The summed E-state index contributed by atoms with van der Waals surface area (Å²) in [6, 6.07) is 3.45. The Morgan fingerprint density at radius 1 is 1.23 bits per heavy atom. The summed E-state index contributed by atoms with van der Waals surface area (Å²) < 4.78 is 54.9. The molecule has 35 heavy (non-hydrogen) atoms. The molecule has 0 bridgehead atoms. The third-order valence-electron chi connectivity index (χ3n) is 7.25. The summed E-state index contributed by atoms with van der Waals surface area (Å²) in [5, 5.41) is 0. The molecule has 2 saturated carbocycles. The van der Waals surface area contributed by atoms with Gasteiger partial charge in [-0.2, -0.15) is 0 Å². The largest absolute Gasteiger partial charge is 0.477 e. The van der Waals surface area contributed by atoms with Gasteiger partial charge in [-0.3, -0.25) is 0 Å². The van der Waals surface area contributed by atoms with Crippen molar-refractivity contribution in [2.45, 2.75) is 50.0 Å². The fraction of sp³-hybridized carbons (Fsp3) is 0.542. The quantitative estimate of drug-likeness (QED) is 0.558. The van der Waals surface area contributed by atoms with Crippen molar-refractivity contribution in [3.63, 3.8) is 0 Å². The van der Waals surface area contributed by atoms with Crippen LogP contribution in [0, 0.1) is 24.1 Å². The average molecular weight is 506 g/mol. The maximum Gasteiger partial charge on any atom is 0.410 e. The molecule has 1 aliphatic heterocycles. The third kappa shape index (κ3) is 4.91. The SMILES string of the molecule is Cc1c(OCC23CCN(C(=O)OC4(C)CC4)CC2C3)ncnc1Oc1ccc(S(C)(=O)=O)cc1F. The topological polar surface area (TPSA) is 108 Å². The lowest BCUT2D eigenvalue weighted by Crippen LogP contribution is -2.42. The first kappa shape index (κ1) is 23.8. The molecular formula is C24H28FN3O6S. The molecule has 0 N–H and O–H groups in total. The van der Waals surface area contributed by atoms with Crippen molar-refractivity contribution in [3.05, 3.63) is 35.9 Å². The second kappa shape index (κ2) is 8.32. The highest BCUT2D eigenvalue weighted by atomic mass is 32.2. The maximum atomic E-state index is 14.4. The molecule has 0 spiro atoms. The number of carbonyl (C=O) groups is 1. The lowest BCUT2D eigenvalue weighted by molar-refractivity contribution is 0.0439. The lowest BCUT2D eigenvalue weighted by atomic mass is 9.96. The molecule has 2 unspecified atom stereocenters. The fourth-order valence-electron chi connectivity index (χ4n) is 4.46. The molecule has 3 aliphatic rings. The van der Waals surface area contributed by atoms with Crippen LogP contribution in [0.25, 0.3) is 0 Å². The van der Waals surface area contributed by atoms with E-state index in [1.165, 1.54) is 18.5 Å². The standard InChI is InChI=1S/C24H28FN3O6S/c1-15-20(26-14-27-21(15)33-19-5-4-17(10-18(19)25)35(3,30)31)32-13-24-8-9-28(12-16(24)11-24)22(29)34-23(2)6-7-23/h4-5,10,14,16H,6-9,11-13H2,1-3H3. The molecule has 5 rings (SSSR count). The van der Waals surface area contributed by atoms with E-state index in [0.29, 0.717) is 37.1 Å². The minimum atomic E-state index is -3.53. The van der Waals surface area contributed by atoms with Crippen molar-refractivity contribution < 1.29 is 31.8 Å². The van der Waals surface area contributed by atoms with Crippen LogP contribution in [0.3, 0.4) is 0 Å². The molecule has 9 nitrogen and oxygen atoms in total. The number of carbonyl (C=O) groups excluding carboxylic acids is 1. The van der Waals surface area contributed by atoms with Gasteiger partial charge < -0.3 is 19.1 Å². The van der Waals surface area contributed by atoms with E-state index in [1.54, 1.807) is 11.8 Å². The maximum absolute atomic E-state index is 14.4. The fourth-order valence-corrected chi connectivity index (χ4v) is 5.09. The van der Waals surface area contributed by atoms with Crippen molar-refractivity contribution in [1.82, 2.24) is 14.9 Å². The second-order valence-electron chi connectivity index (χ2n) is 10.1. The Labute approximate surface area is 203 Å². The molecular weight excluding hydrogens is 477 g/mol. The molecule has 2 heterocycles. The van der Waals surface area contributed by atoms with Crippen LogP contribution in [-0.2, 0) is 14.6 Å². The van der Waals surface area contributed by atoms with E-state index in [1.807, 2.05) is 6.92 Å². The summed E-state index contributed by atoms with van der Waals surface area (Å²) >= 11 is 0. The number of halogens is 1. The number of amides is 1. The average Bonchev–Trinajstić information content (AvgIpc) is 3.70. The first-order valence-corrected chi connectivity index (χ1v) is 13.5. The molecule has 11 heteroatoms. The molecule has 1 aromatic carbocycles. The van der Waals surface area contributed by atoms with E-state index in [-0.39, 0.29) is 33.6 Å². The molecule has 1 amide bonds. The summed E-state index contributed by atoms with van der Waals surface area (Å²) in [5.74, 6) is -0.140. The number of hydrogen-bond acceptors (Lipinski definition) is 8. The summed E-state index contributed by atoms with van der Waals surface area (Å²) in [6.07, 6.45) is 5.71. The second-order valence-corrected chi connectivity index (χ2v) is 12.2. The Morgan fingerprint density at radius 2 is 1.97 bits per heavy atom. The van der Waals surface area contributed by atoms with Crippen LogP contribution in [0.4, 0.5) is 9.18 Å². The summed E-state index contributed by atoms with van der Waals surface area (Å²) in [5.41, 5.74) is 0.236. The highest BCUT2D eigenvalue weighted by Gasteiger charge is 2.58. The van der Waals surface area contributed by atoms with E-state index in [9.17, 15) is 17.6 Å². The number of hydrogen-bond donors (Lipinski definition) is 0. The van der Waals surface area contributed by atoms with Gasteiger partial charge in [0.05, 0.1) is 17.1 Å². The zero-order valence-corrected chi connectivity index (χ0v) is 20.7. The first-order chi connectivity index (χ1) is 16.5. The molecule has 3 fully saturated rings. The van der Waals surface area contributed by atoms with Gasteiger partial charge in [0.15, 0.2) is 21.4 Å². The summed E-state index contributed by atoms with van der Waals surface area (Å²) in [4.78, 5) is 22.4. The van der Waals surface area contributed by atoms with E-state index in [4.69, 9.17) is 14.2 Å². The molecule has 2 atom stereocenters. The van der Waals surface area contributed by atoms with Gasteiger partial charge in [-0.15, -0.1) is 0 Å². The normalized spacial score (nSPS) is 24.3. The van der Waals surface area contributed by atoms with E-state index >= 15 is 0 Å². The Balaban J connectivity index is 1.20. The van der Waals surface area contributed by atoms with Gasteiger partial charge in [0.1, 0.15) is 11.9 Å². The van der Waals surface area contributed by atoms with Gasteiger partial charge in [-0.1, -0.05) is 0 Å². The van der Waals surface area contributed by atoms with Gasteiger partial charge >= 0.3 is 6.09 Å². The lowest BCUT2D eigenvalue weighted by Gasteiger charge is -2.31. The minimum absolute atomic E-state index is 0.00621. The first-order valence-electron chi connectivity index (χ1n) is 11.6. The molecule has 2 aromatic rings. The minimum Gasteiger partial charge on any atom is -0.477 e. The highest BCUT2D eigenvalue weighted by molar-refractivity contribution is 7.90. The van der Waals surface area contributed by atoms with Crippen molar-refractivity contribution >= 4 is 15.9 Å². The van der Waals surface area contributed by atoms with Crippen LogP contribution >= 0.6 is 0 Å². The molecule has 2 aliphatic carbocycles. The van der Waals surface area contributed by atoms with Crippen LogP contribution in [0.5, 0.6) is 17.5 Å². The van der Waals surface area contributed by atoms with Crippen LogP contribution < -0.4 is 9.47 Å². The zero-order chi connectivity index (χ0) is 25.0. The van der Waals surface area contributed by atoms with E-state index < -0.39 is 15.7 Å². The van der Waals surface area contributed by atoms with Gasteiger partial charge in [0, 0.05) is 24.8 Å². The number of rotatable bonds is 7. The van der Waals surface area contributed by atoms with Crippen molar-refractivity contribution in [1.29, 1.82) is 0 Å². The van der Waals surface area contributed by atoms with Gasteiger partial charge in [0.2, 0.25) is 11.8 Å². The van der Waals surface area contributed by atoms with Crippen LogP contribution in [-0.4, -0.2) is 60.9 Å². The van der Waals surface area contributed by atoms with E-state index in [0.717, 1.165) is 38.0 Å². The van der Waals surface area contributed by atoms with Crippen LogP contribution in [0.1, 0.15) is 38.2 Å². The number of likely N-dealkylation sites (tertiary alicyclic amines) is 1. The van der Waals surface area contributed by atoms with Crippen LogP contribution in [0.15, 0.2) is 29.4 Å². The number of benzene rings is 1. The summed E-state index contributed by atoms with van der Waals surface area (Å²) in [7, 11) is -3.53. The van der Waals surface area contributed by atoms with Crippen molar-refractivity contribution in [3.8, 4) is 17.5 Å². The van der Waals surface area contributed by atoms with Crippen molar-refractivity contribution in [2.75, 3.05) is 26.0 Å². The van der Waals surface area contributed by atoms with E-state index in [2.05, 4.69) is 9.97 Å². The number of ether oxygens (including phenoxy) is 3. The highest BCUT2D eigenvalue weighted by Crippen LogP contribution is 2.58. The van der Waals surface area contributed by atoms with Crippen LogP contribution in [0.2, 0.25) is 0 Å². The Morgan fingerprint density at radius 3 is 2.63 bits per heavy atom. The third-order valence-corrected chi connectivity index (χ3v) is 8.36. The Bertz CT molecular complexity index is 1280. The summed E-state index contributed by atoms with van der Waals surface area (Å²) in [6.45, 7) is 5.43. The molecule has 188 valence electrons. The smallest absolute Gasteiger partial charge is 0.410 e. The van der Waals surface area contributed by atoms with Gasteiger partial charge in [-0.05, 0) is 63.6 Å². The predicted octanol–water partition coefficient (Wildman–Crippen LogP) is 3.90. The number of nitrogens with zero attached hydrogens (tertiary/aromatic N) is 3.